The van der Waals surface area contributed by atoms with Gasteiger partial charge in [-0.25, -0.2) is 0 Å². The predicted molar refractivity (Wildman–Crippen MR) is 72.7 cm³/mol. The molecule has 0 saturated carbocycles. The zero-order chi connectivity index (χ0) is 10.8. The number of halogens is 2. The molecule has 0 bridgehead atoms. The number of benzene rings is 1. The highest BCUT2D eigenvalue weighted by molar-refractivity contribution is 6.35. The topological polar surface area (TPSA) is 12.9 Å². The van der Waals surface area contributed by atoms with E-state index in [-0.39, 0.29) is 12.4 Å². The van der Waals surface area contributed by atoms with Crippen LogP contribution < -0.4 is 0 Å². The maximum Gasteiger partial charge on any atom is 0.0720 e. The van der Waals surface area contributed by atoms with Crippen molar-refractivity contribution in [1.82, 2.24) is 4.98 Å². The molecule has 1 aromatic carbocycles. The Hall–Kier alpha value is -0.790. The van der Waals surface area contributed by atoms with Crippen LogP contribution in [0.5, 0.6) is 0 Å². The van der Waals surface area contributed by atoms with E-state index in [4.69, 9.17) is 11.6 Å². The van der Waals surface area contributed by atoms with Gasteiger partial charge in [0.2, 0.25) is 0 Å². The van der Waals surface area contributed by atoms with Crippen molar-refractivity contribution < 1.29 is 0 Å². The van der Waals surface area contributed by atoms with Crippen LogP contribution in [-0.2, 0) is 6.42 Å². The second-order valence-electron chi connectivity index (χ2n) is 3.87. The summed E-state index contributed by atoms with van der Waals surface area (Å²) in [6.45, 7) is 4.21. The Bertz CT molecular complexity index is 495. The molecule has 3 heteroatoms. The molecule has 1 aromatic heterocycles. The van der Waals surface area contributed by atoms with Gasteiger partial charge in [-0.15, -0.1) is 12.4 Å². The van der Waals surface area contributed by atoms with Gasteiger partial charge in [0.15, 0.2) is 0 Å². The van der Waals surface area contributed by atoms with Gasteiger partial charge in [0.25, 0.3) is 0 Å². The fraction of sp³-hybridized carbons (Fsp3) is 0.308. The quantitative estimate of drug-likeness (QED) is 0.766. The zero-order valence-electron chi connectivity index (χ0n) is 9.46. The van der Waals surface area contributed by atoms with E-state index in [9.17, 15) is 0 Å². The van der Waals surface area contributed by atoms with Crippen molar-refractivity contribution in [2.24, 2.45) is 0 Å². The van der Waals surface area contributed by atoms with E-state index >= 15 is 0 Å². The van der Waals surface area contributed by atoms with Gasteiger partial charge >= 0.3 is 0 Å². The Balaban J connectivity index is 0.00000128. The van der Waals surface area contributed by atoms with Crippen LogP contribution in [-0.4, -0.2) is 4.98 Å². The van der Waals surface area contributed by atoms with Gasteiger partial charge in [0.1, 0.15) is 0 Å². The van der Waals surface area contributed by atoms with Crippen LogP contribution in [0.4, 0.5) is 0 Å². The lowest BCUT2D eigenvalue weighted by Gasteiger charge is -2.05. The third kappa shape index (κ3) is 2.66. The first-order chi connectivity index (χ1) is 7.20. The molecule has 0 fully saturated rings. The number of rotatable bonds is 2. The molecule has 0 aliphatic rings. The lowest BCUT2D eigenvalue weighted by molar-refractivity contribution is 0.890. The Morgan fingerprint density at radius 2 is 2.00 bits per heavy atom. The van der Waals surface area contributed by atoms with Gasteiger partial charge in [-0.1, -0.05) is 36.6 Å². The fourth-order valence-corrected chi connectivity index (χ4v) is 2.01. The average Bonchev–Trinajstić information content (AvgIpc) is 2.20. The summed E-state index contributed by atoms with van der Waals surface area (Å²) in [5, 5.41) is 1.86. The van der Waals surface area contributed by atoms with Crippen molar-refractivity contribution in [2.45, 2.75) is 26.7 Å². The van der Waals surface area contributed by atoms with Gasteiger partial charge in [0, 0.05) is 11.1 Å². The van der Waals surface area contributed by atoms with Crippen LogP contribution >= 0.6 is 24.0 Å². The first kappa shape index (κ1) is 13.3. The highest BCUT2D eigenvalue weighted by atomic mass is 35.5. The standard InChI is InChI=1S/C13H14ClN.ClH/c1-3-4-10-8-12(14)11-7-9(2)5-6-13(11)15-10;/h5-8H,3-4H2,1-2H3;1H. The van der Waals surface area contributed by atoms with Crippen molar-refractivity contribution in [3.8, 4) is 0 Å². The molecule has 1 heterocycles. The number of nitrogens with zero attached hydrogens (tertiary/aromatic N) is 1. The average molecular weight is 256 g/mol. The molecule has 0 radical (unpaired) electrons. The maximum absolute atomic E-state index is 6.23. The molecule has 1 nitrogen and oxygen atoms in total. The van der Waals surface area contributed by atoms with Crippen LogP contribution in [0.3, 0.4) is 0 Å². The molecule has 2 aromatic rings. The van der Waals surface area contributed by atoms with Crippen molar-refractivity contribution in [2.75, 3.05) is 0 Å². The highest BCUT2D eigenvalue weighted by Crippen LogP contribution is 2.24. The Morgan fingerprint density at radius 3 is 2.69 bits per heavy atom. The minimum Gasteiger partial charge on any atom is -0.253 e. The minimum absolute atomic E-state index is 0. The highest BCUT2D eigenvalue weighted by Gasteiger charge is 2.03. The molecule has 0 atom stereocenters. The third-order valence-corrected chi connectivity index (χ3v) is 2.79. The number of aromatic nitrogens is 1. The van der Waals surface area contributed by atoms with Crippen molar-refractivity contribution in [3.05, 3.63) is 40.5 Å². The fourth-order valence-electron chi connectivity index (χ4n) is 1.73. The largest absolute Gasteiger partial charge is 0.253 e. The van der Waals surface area contributed by atoms with Crippen molar-refractivity contribution in [1.29, 1.82) is 0 Å². The van der Waals surface area contributed by atoms with E-state index in [1.54, 1.807) is 0 Å². The summed E-state index contributed by atoms with van der Waals surface area (Å²) in [5.41, 5.74) is 3.30. The van der Waals surface area contributed by atoms with Crippen LogP contribution in [0.2, 0.25) is 5.02 Å². The number of pyridine rings is 1. The van der Waals surface area contributed by atoms with Crippen LogP contribution in [0.15, 0.2) is 24.3 Å². The zero-order valence-corrected chi connectivity index (χ0v) is 11.0. The van der Waals surface area contributed by atoms with Gasteiger partial charge in [-0.05, 0) is 31.5 Å². The predicted octanol–water partition coefficient (Wildman–Crippen LogP) is 4.57. The Labute approximate surface area is 107 Å². The number of fused-ring (bicyclic) bond motifs is 1. The molecule has 0 amide bonds. The summed E-state index contributed by atoms with van der Waals surface area (Å²) >= 11 is 6.23. The molecule has 0 aliphatic carbocycles. The molecule has 0 saturated heterocycles. The minimum atomic E-state index is 0. The van der Waals surface area contributed by atoms with E-state index in [0.717, 1.165) is 34.5 Å². The summed E-state index contributed by atoms with van der Waals surface area (Å²) in [6.07, 6.45) is 2.09. The molecule has 0 unspecified atom stereocenters. The lowest BCUT2D eigenvalue weighted by Crippen LogP contribution is -1.91. The normalized spacial score (nSPS) is 10.2. The van der Waals surface area contributed by atoms with Gasteiger partial charge in [0.05, 0.1) is 10.5 Å². The molecule has 86 valence electrons. The Morgan fingerprint density at radius 1 is 1.25 bits per heavy atom. The summed E-state index contributed by atoms with van der Waals surface area (Å²) in [5.74, 6) is 0. The van der Waals surface area contributed by atoms with Crippen LogP contribution in [0.25, 0.3) is 10.9 Å². The Kier molecular flexibility index (Phi) is 4.57. The van der Waals surface area contributed by atoms with E-state index in [1.807, 2.05) is 12.1 Å². The monoisotopic (exact) mass is 255 g/mol. The molecule has 0 spiro atoms. The number of hydrogen-bond acceptors (Lipinski definition) is 1. The maximum atomic E-state index is 6.23. The van der Waals surface area contributed by atoms with Crippen molar-refractivity contribution in [3.63, 3.8) is 0 Å². The second kappa shape index (κ2) is 5.51. The van der Waals surface area contributed by atoms with E-state index in [2.05, 4.69) is 31.0 Å². The second-order valence-corrected chi connectivity index (χ2v) is 4.27. The number of aryl methyl sites for hydroxylation is 2. The van der Waals surface area contributed by atoms with Gasteiger partial charge in [-0.3, -0.25) is 4.98 Å². The van der Waals surface area contributed by atoms with Crippen molar-refractivity contribution >= 4 is 34.9 Å². The number of hydrogen-bond donors (Lipinski definition) is 0. The lowest BCUT2D eigenvalue weighted by atomic mass is 10.1. The van der Waals surface area contributed by atoms with Crippen LogP contribution in [0.1, 0.15) is 24.6 Å². The molecule has 0 N–H and O–H groups in total. The van der Waals surface area contributed by atoms with Gasteiger partial charge < -0.3 is 0 Å². The smallest absolute Gasteiger partial charge is 0.0720 e. The first-order valence-electron chi connectivity index (χ1n) is 5.26. The van der Waals surface area contributed by atoms with Gasteiger partial charge in [-0.2, -0.15) is 0 Å². The molecular formula is C13H15Cl2N. The summed E-state index contributed by atoms with van der Waals surface area (Å²) in [7, 11) is 0. The summed E-state index contributed by atoms with van der Waals surface area (Å²) in [4.78, 5) is 4.58. The van der Waals surface area contributed by atoms with E-state index in [1.165, 1.54) is 5.56 Å². The molecular weight excluding hydrogens is 241 g/mol. The van der Waals surface area contributed by atoms with E-state index in [0.29, 0.717) is 0 Å². The third-order valence-electron chi connectivity index (χ3n) is 2.47. The SMILES string of the molecule is CCCc1cc(Cl)c2cc(C)ccc2n1.Cl. The molecule has 2 rings (SSSR count). The molecule has 0 aliphatic heterocycles. The summed E-state index contributed by atoms with van der Waals surface area (Å²) in [6, 6.07) is 8.17. The van der Waals surface area contributed by atoms with E-state index < -0.39 is 0 Å². The molecule has 16 heavy (non-hydrogen) atoms. The first-order valence-corrected chi connectivity index (χ1v) is 5.64. The summed E-state index contributed by atoms with van der Waals surface area (Å²) < 4.78 is 0. The van der Waals surface area contributed by atoms with Crippen LogP contribution in [0, 0.1) is 6.92 Å².